The number of hydrogen-bond donors (Lipinski definition) is 1. The fourth-order valence-electron chi connectivity index (χ4n) is 1.62. The molecular formula is C13H12Br2OS. The Labute approximate surface area is 122 Å². The van der Waals surface area contributed by atoms with E-state index in [1.807, 2.05) is 38.1 Å². The van der Waals surface area contributed by atoms with Crippen molar-refractivity contribution in [2.24, 2.45) is 0 Å². The van der Waals surface area contributed by atoms with E-state index in [1.54, 1.807) is 11.3 Å². The second-order valence-electron chi connectivity index (χ2n) is 3.98. The maximum atomic E-state index is 10.4. The minimum absolute atomic E-state index is 0.569. The van der Waals surface area contributed by atoms with Crippen molar-refractivity contribution >= 4 is 43.2 Å². The van der Waals surface area contributed by atoms with Gasteiger partial charge in [0.25, 0.3) is 0 Å². The van der Waals surface area contributed by atoms with Crippen LogP contribution >= 0.6 is 43.2 Å². The van der Waals surface area contributed by atoms with E-state index in [4.69, 9.17) is 0 Å². The second-order valence-corrected chi connectivity index (χ2v) is 6.98. The molecule has 1 N–H and O–H groups in total. The molecule has 0 bridgehead atoms. The second kappa shape index (κ2) is 5.22. The van der Waals surface area contributed by atoms with E-state index in [9.17, 15) is 5.11 Å². The Hall–Kier alpha value is -0.160. The van der Waals surface area contributed by atoms with Gasteiger partial charge in [-0.2, -0.15) is 0 Å². The molecule has 4 heteroatoms. The van der Waals surface area contributed by atoms with Gasteiger partial charge in [0.05, 0.1) is 0 Å². The topological polar surface area (TPSA) is 20.2 Å². The fraction of sp³-hybridized carbons (Fsp3) is 0.231. The predicted octanol–water partition coefficient (Wildman–Crippen LogP) is 4.97. The lowest BCUT2D eigenvalue weighted by atomic mass is 10.1. The molecule has 0 aliphatic carbocycles. The Balaban J connectivity index is 2.39. The number of hydrogen-bond acceptors (Lipinski definition) is 2. The van der Waals surface area contributed by atoms with Gasteiger partial charge in [0, 0.05) is 18.7 Å². The van der Waals surface area contributed by atoms with Gasteiger partial charge < -0.3 is 5.11 Å². The summed E-state index contributed by atoms with van der Waals surface area (Å²) in [6, 6.07) is 7.98. The highest BCUT2D eigenvalue weighted by molar-refractivity contribution is 9.10. The van der Waals surface area contributed by atoms with E-state index >= 15 is 0 Å². The van der Waals surface area contributed by atoms with Gasteiger partial charge in [0.1, 0.15) is 6.10 Å². The molecule has 1 heterocycles. The molecule has 0 saturated carbocycles. The minimum atomic E-state index is -0.569. The van der Waals surface area contributed by atoms with Crippen LogP contribution in [0, 0.1) is 13.8 Å². The summed E-state index contributed by atoms with van der Waals surface area (Å²) in [4.78, 5) is 2.14. The van der Waals surface area contributed by atoms with Gasteiger partial charge in [0.2, 0.25) is 0 Å². The summed E-state index contributed by atoms with van der Waals surface area (Å²) in [5.41, 5.74) is 2.08. The third-order valence-corrected chi connectivity index (χ3v) is 5.47. The molecule has 0 aliphatic rings. The van der Waals surface area contributed by atoms with Crippen molar-refractivity contribution in [1.29, 1.82) is 0 Å². The summed E-state index contributed by atoms with van der Waals surface area (Å²) in [7, 11) is 0. The zero-order valence-corrected chi connectivity index (χ0v) is 13.5. The first kappa shape index (κ1) is 13.3. The van der Waals surface area contributed by atoms with Gasteiger partial charge >= 0.3 is 0 Å². The maximum Gasteiger partial charge on any atom is 0.114 e. The molecule has 1 aromatic heterocycles. The smallest absolute Gasteiger partial charge is 0.114 e. The highest BCUT2D eigenvalue weighted by Gasteiger charge is 2.16. The molecule has 1 atom stereocenters. The average Bonchev–Trinajstić information content (AvgIpc) is 2.58. The van der Waals surface area contributed by atoms with Crippen molar-refractivity contribution in [1.82, 2.24) is 0 Å². The molecule has 1 nitrogen and oxygen atoms in total. The van der Waals surface area contributed by atoms with Crippen molar-refractivity contribution in [2.75, 3.05) is 0 Å². The van der Waals surface area contributed by atoms with Crippen molar-refractivity contribution in [3.05, 3.63) is 54.1 Å². The van der Waals surface area contributed by atoms with E-state index in [2.05, 4.69) is 31.9 Å². The van der Waals surface area contributed by atoms with Crippen molar-refractivity contribution in [2.45, 2.75) is 20.0 Å². The molecule has 90 valence electrons. The Morgan fingerprint density at radius 2 is 1.82 bits per heavy atom. The summed E-state index contributed by atoms with van der Waals surface area (Å²) < 4.78 is 2.01. The van der Waals surface area contributed by atoms with Crippen LogP contribution in [0.3, 0.4) is 0 Å². The van der Waals surface area contributed by atoms with Crippen LogP contribution in [0.5, 0.6) is 0 Å². The highest BCUT2D eigenvalue weighted by atomic mass is 79.9. The molecule has 0 fully saturated rings. The molecule has 17 heavy (non-hydrogen) atoms. The van der Waals surface area contributed by atoms with E-state index < -0.39 is 6.10 Å². The van der Waals surface area contributed by atoms with Crippen LogP contribution in [-0.4, -0.2) is 5.11 Å². The molecule has 0 aliphatic heterocycles. The highest BCUT2D eigenvalue weighted by Crippen LogP contribution is 2.36. The zero-order valence-electron chi connectivity index (χ0n) is 9.50. The predicted molar refractivity (Wildman–Crippen MR) is 79.7 cm³/mol. The van der Waals surface area contributed by atoms with E-state index in [1.165, 1.54) is 10.4 Å². The SMILES string of the molecule is Cc1ccc(C(O)c2cc(Br)c(C)s2)c(Br)c1. The van der Waals surface area contributed by atoms with Crippen LogP contribution in [0.2, 0.25) is 0 Å². The monoisotopic (exact) mass is 374 g/mol. The van der Waals surface area contributed by atoms with Crippen molar-refractivity contribution < 1.29 is 5.11 Å². The van der Waals surface area contributed by atoms with E-state index in [0.717, 1.165) is 19.4 Å². The van der Waals surface area contributed by atoms with Crippen LogP contribution in [0.1, 0.15) is 27.0 Å². The van der Waals surface area contributed by atoms with E-state index in [0.29, 0.717) is 0 Å². The van der Waals surface area contributed by atoms with Crippen LogP contribution in [0.4, 0.5) is 0 Å². The molecule has 0 spiro atoms. The van der Waals surface area contributed by atoms with Gasteiger partial charge in [-0.15, -0.1) is 11.3 Å². The first-order chi connectivity index (χ1) is 7.99. The Morgan fingerprint density at radius 1 is 1.12 bits per heavy atom. The lowest BCUT2D eigenvalue weighted by Crippen LogP contribution is -1.98. The van der Waals surface area contributed by atoms with Crippen LogP contribution in [0.15, 0.2) is 33.2 Å². The van der Waals surface area contributed by atoms with Gasteiger partial charge in [-0.3, -0.25) is 0 Å². The average molecular weight is 376 g/mol. The summed E-state index contributed by atoms with van der Waals surface area (Å²) >= 11 is 8.59. The van der Waals surface area contributed by atoms with Gasteiger partial charge in [0.15, 0.2) is 0 Å². The molecule has 1 unspecified atom stereocenters. The number of aryl methyl sites for hydroxylation is 2. The van der Waals surface area contributed by atoms with Crippen LogP contribution < -0.4 is 0 Å². The lowest BCUT2D eigenvalue weighted by Gasteiger charge is -2.11. The molecule has 0 radical (unpaired) electrons. The molecule has 1 aromatic carbocycles. The summed E-state index contributed by atoms with van der Waals surface area (Å²) in [5, 5.41) is 10.4. The van der Waals surface area contributed by atoms with Gasteiger partial charge in [-0.25, -0.2) is 0 Å². The van der Waals surface area contributed by atoms with Crippen LogP contribution in [-0.2, 0) is 0 Å². The number of aliphatic hydroxyl groups is 1. The molecule has 2 aromatic rings. The third kappa shape index (κ3) is 2.81. The first-order valence-electron chi connectivity index (χ1n) is 5.19. The van der Waals surface area contributed by atoms with Crippen molar-refractivity contribution in [3.8, 4) is 0 Å². The quantitative estimate of drug-likeness (QED) is 0.785. The summed E-state index contributed by atoms with van der Waals surface area (Å²) in [6.45, 7) is 4.07. The number of aliphatic hydroxyl groups excluding tert-OH is 1. The summed E-state index contributed by atoms with van der Waals surface area (Å²) in [6.07, 6.45) is -0.569. The maximum absolute atomic E-state index is 10.4. The number of benzene rings is 1. The number of thiophene rings is 1. The normalized spacial score (nSPS) is 12.8. The fourth-order valence-corrected chi connectivity index (χ4v) is 3.90. The van der Waals surface area contributed by atoms with Gasteiger partial charge in [-0.05, 0) is 53.0 Å². The van der Waals surface area contributed by atoms with Crippen LogP contribution in [0.25, 0.3) is 0 Å². The Morgan fingerprint density at radius 3 is 2.35 bits per heavy atom. The van der Waals surface area contributed by atoms with Crippen molar-refractivity contribution in [3.63, 3.8) is 0 Å². The number of halogens is 2. The summed E-state index contributed by atoms with van der Waals surface area (Å²) in [5.74, 6) is 0. The standard InChI is InChI=1S/C13H12Br2OS/c1-7-3-4-9(11(15)5-7)13(16)12-6-10(14)8(2)17-12/h3-6,13,16H,1-2H3. The third-order valence-electron chi connectivity index (χ3n) is 2.60. The minimum Gasteiger partial charge on any atom is -0.383 e. The Bertz CT molecular complexity index is 529. The molecule has 0 amide bonds. The van der Waals surface area contributed by atoms with Gasteiger partial charge in [-0.1, -0.05) is 28.1 Å². The largest absolute Gasteiger partial charge is 0.383 e. The lowest BCUT2D eigenvalue weighted by molar-refractivity contribution is 0.223. The first-order valence-corrected chi connectivity index (χ1v) is 7.59. The molecule has 2 rings (SSSR count). The zero-order chi connectivity index (χ0) is 12.6. The Kier molecular flexibility index (Phi) is 4.08. The molecule has 0 saturated heterocycles. The molecular weight excluding hydrogens is 364 g/mol. The number of rotatable bonds is 2. The van der Waals surface area contributed by atoms with E-state index in [-0.39, 0.29) is 0 Å².